The molecular weight excluding hydrogens is 363 g/mol. The highest BCUT2D eigenvalue weighted by atomic mass is 32.2. The van der Waals surface area contributed by atoms with Crippen LogP contribution in [0.4, 0.5) is 15.8 Å². The van der Waals surface area contributed by atoms with E-state index in [9.17, 15) is 14.0 Å². The summed E-state index contributed by atoms with van der Waals surface area (Å²) in [4.78, 5) is 24.3. The van der Waals surface area contributed by atoms with Crippen LogP contribution in [0.3, 0.4) is 0 Å². The molecule has 0 heterocycles. The Bertz CT molecular complexity index is 783. The minimum atomic E-state index is -0.383. The lowest BCUT2D eigenvalue weighted by Gasteiger charge is -2.19. The summed E-state index contributed by atoms with van der Waals surface area (Å²) in [5.41, 5.74) is 2.51. The minimum absolute atomic E-state index is 0.0591. The highest BCUT2D eigenvalue weighted by Gasteiger charge is 2.17. The molecule has 0 bridgehead atoms. The van der Waals surface area contributed by atoms with Crippen LogP contribution in [0.2, 0.25) is 0 Å². The molecule has 0 saturated heterocycles. The molecule has 0 aliphatic rings. The Morgan fingerprint density at radius 1 is 0.963 bits per heavy atom. The molecule has 0 aliphatic heterocycles. The number of nitrogens with one attached hydrogen (secondary N) is 2. The summed E-state index contributed by atoms with van der Waals surface area (Å²) in [6.45, 7) is 8.16. The van der Waals surface area contributed by atoms with E-state index in [4.69, 9.17) is 0 Å². The fourth-order valence-electron chi connectivity index (χ4n) is 2.30. The van der Waals surface area contributed by atoms with E-state index in [0.29, 0.717) is 5.69 Å². The molecule has 2 amide bonds. The second-order valence-corrected chi connectivity index (χ2v) is 8.65. The molecule has 2 aromatic carbocycles. The summed E-state index contributed by atoms with van der Waals surface area (Å²) in [7, 11) is 0. The normalized spacial score (nSPS) is 12.3. The lowest BCUT2D eigenvalue weighted by Crippen LogP contribution is -2.25. The molecule has 6 heteroatoms. The zero-order chi connectivity index (χ0) is 20.0. The maximum absolute atomic E-state index is 12.9. The average molecular weight is 389 g/mol. The van der Waals surface area contributed by atoms with Gasteiger partial charge in [-0.2, -0.15) is 0 Å². The van der Waals surface area contributed by atoms with E-state index < -0.39 is 0 Å². The summed E-state index contributed by atoms with van der Waals surface area (Å²) in [6, 6.07) is 13.3. The van der Waals surface area contributed by atoms with Gasteiger partial charge in [-0.05, 0) is 54.3 Å². The number of carbonyl (C=O) groups is 2. The van der Waals surface area contributed by atoms with Crippen molar-refractivity contribution in [3.63, 3.8) is 0 Å². The number of benzene rings is 2. The molecule has 0 spiro atoms. The topological polar surface area (TPSA) is 58.2 Å². The second kappa shape index (κ2) is 9.04. The third-order valence-electron chi connectivity index (χ3n) is 3.98. The van der Waals surface area contributed by atoms with Gasteiger partial charge in [-0.25, -0.2) is 4.39 Å². The molecule has 0 fully saturated rings. The van der Waals surface area contributed by atoms with Crippen molar-refractivity contribution < 1.29 is 14.0 Å². The summed E-state index contributed by atoms with van der Waals surface area (Å²) >= 11 is 1.24. The van der Waals surface area contributed by atoms with Crippen molar-refractivity contribution in [3.05, 3.63) is 59.9 Å². The van der Waals surface area contributed by atoms with E-state index in [1.54, 1.807) is 6.92 Å². The van der Waals surface area contributed by atoms with Crippen LogP contribution in [-0.4, -0.2) is 22.8 Å². The fourth-order valence-corrected chi connectivity index (χ4v) is 2.99. The van der Waals surface area contributed by atoms with E-state index in [1.807, 2.05) is 24.3 Å². The first-order valence-electron chi connectivity index (χ1n) is 8.73. The number of hydrogen-bond acceptors (Lipinski definition) is 3. The Kier molecular flexibility index (Phi) is 7.02. The van der Waals surface area contributed by atoms with Gasteiger partial charge in [0.1, 0.15) is 5.82 Å². The quantitative estimate of drug-likeness (QED) is 0.746. The molecule has 1 atom stereocenters. The molecule has 0 saturated carbocycles. The van der Waals surface area contributed by atoms with Gasteiger partial charge in [-0.15, -0.1) is 11.8 Å². The summed E-state index contributed by atoms with van der Waals surface area (Å²) in [5, 5.41) is 5.16. The van der Waals surface area contributed by atoms with Crippen LogP contribution >= 0.6 is 11.8 Å². The van der Waals surface area contributed by atoms with Crippen LogP contribution in [0, 0.1) is 5.82 Å². The van der Waals surface area contributed by atoms with Gasteiger partial charge in [0.2, 0.25) is 11.8 Å². The number of carbonyl (C=O) groups excluding carboxylic acids is 2. The van der Waals surface area contributed by atoms with Crippen LogP contribution in [0.15, 0.2) is 48.5 Å². The number of amides is 2. The first kappa shape index (κ1) is 21.0. The van der Waals surface area contributed by atoms with Crippen molar-refractivity contribution in [3.8, 4) is 0 Å². The molecule has 0 aromatic heterocycles. The highest BCUT2D eigenvalue weighted by Crippen LogP contribution is 2.24. The molecular formula is C21H25FN2O2S. The Morgan fingerprint density at radius 3 is 2.04 bits per heavy atom. The summed E-state index contributed by atoms with van der Waals surface area (Å²) in [5.74, 6) is -0.614. The predicted octanol–water partition coefficient (Wildman–Crippen LogP) is 4.82. The number of halogens is 1. The first-order chi connectivity index (χ1) is 12.6. The predicted molar refractivity (Wildman–Crippen MR) is 111 cm³/mol. The Labute approximate surface area is 163 Å². The summed E-state index contributed by atoms with van der Waals surface area (Å²) < 4.78 is 12.9. The number of anilines is 2. The average Bonchev–Trinajstić information content (AvgIpc) is 2.61. The monoisotopic (exact) mass is 388 g/mol. The van der Waals surface area contributed by atoms with Crippen LogP contribution in [0.1, 0.15) is 33.3 Å². The van der Waals surface area contributed by atoms with E-state index in [0.717, 1.165) is 5.69 Å². The van der Waals surface area contributed by atoms with Crippen molar-refractivity contribution in [2.24, 2.45) is 0 Å². The lowest BCUT2D eigenvalue weighted by atomic mass is 9.87. The van der Waals surface area contributed by atoms with Crippen LogP contribution in [0.5, 0.6) is 0 Å². The zero-order valence-electron chi connectivity index (χ0n) is 16.0. The van der Waals surface area contributed by atoms with E-state index in [2.05, 4.69) is 31.4 Å². The van der Waals surface area contributed by atoms with Gasteiger partial charge >= 0.3 is 0 Å². The van der Waals surface area contributed by atoms with Crippen molar-refractivity contribution in [2.75, 3.05) is 16.4 Å². The van der Waals surface area contributed by atoms with Gasteiger partial charge < -0.3 is 10.6 Å². The first-order valence-corrected chi connectivity index (χ1v) is 9.78. The molecule has 144 valence electrons. The van der Waals surface area contributed by atoms with Gasteiger partial charge in [-0.1, -0.05) is 32.9 Å². The number of rotatable bonds is 6. The highest BCUT2D eigenvalue weighted by molar-refractivity contribution is 8.01. The smallest absolute Gasteiger partial charge is 0.237 e. The van der Waals surface area contributed by atoms with Gasteiger partial charge in [0.25, 0.3) is 0 Å². The molecule has 0 aliphatic carbocycles. The molecule has 2 N–H and O–H groups in total. The minimum Gasteiger partial charge on any atom is -0.325 e. The van der Waals surface area contributed by atoms with Crippen LogP contribution < -0.4 is 10.6 Å². The van der Waals surface area contributed by atoms with E-state index >= 15 is 0 Å². The van der Waals surface area contributed by atoms with Crippen molar-refractivity contribution >= 4 is 35.0 Å². The molecule has 0 radical (unpaired) electrons. The third-order valence-corrected chi connectivity index (χ3v) is 5.12. The van der Waals surface area contributed by atoms with Crippen molar-refractivity contribution in [2.45, 2.75) is 38.4 Å². The van der Waals surface area contributed by atoms with Gasteiger partial charge in [-0.3, -0.25) is 9.59 Å². The maximum Gasteiger partial charge on any atom is 0.237 e. The lowest BCUT2D eigenvalue weighted by molar-refractivity contribution is -0.115. The van der Waals surface area contributed by atoms with Crippen molar-refractivity contribution in [1.82, 2.24) is 0 Å². The van der Waals surface area contributed by atoms with Gasteiger partial charge in [0.05, 0.1) is 11.0 Å². The maximum atomic E-state index is 12.9. The Balaban J connectivity index is 1.81. The number of thioether (sulfide) groups is 1. The van der Waals surface area contributed by atoms with Gasteiger partial charge in [0, 0.05) is 11.4 Å². The fraction of sp³-hybridized carbons (Fsp3) is 0.333. The second-order valence-electron chi connectivity index (χ2n) is 7.32. The largest absolute Gasteiger partial charge is 0.325 e. The van der Waals surface area contributed by atoms with Crippen LogP contribution in [-0.2, 0) is 15.0 Å². The van der Waals surface area contributed by atoms with Crippen LogP contribution in [0.25, 0.3) is 0 Å². The molecule has 27 heavy (non-hydrogen) atoms. The summed E-state index contributed by atoms with van der Waals surface area (Å²) in [6.07, 6.45) is 0. The zero-order valence-corrected chi connectivity index (χ0v) is 16.8. The van der Waals surface area contributed by atoms with E-state index in [-0.39, 0.29) is 34.0 Å². The Hall–Kier alpha value is -2.34. The van der Waals surface area contributed by atoms with E-state index in [1.165, 1.54) is 41.6 Å². The Morgan fingerprint density at radius 2 is 1.48 bits per heavy atom. The molecule has 2 aromatic rings. The molecule has 0 unspecified atom stereocenters. The molecule has 2 rings (SSSR count). The number of hydrogen-bond donors (Lipinski definition) is 2. The molecule has 4 nitrogen and oxygen atoms in total. The van der Waals surface area contributed by atoms with Crippen molar-refractivity contribution in [1.29, 1.82) is 0 Å². The third kappa shape index (κ3) is 6.71. The van der Waals surface area contributed by atoms with Gasteiger partial charge in [0.15, 0.2) is 0 Å². The standard InChI is InChI=1S/C21H25FN2O2S/c1-14(27-13-19(25)23-17-11-7-16(22)8-12-17)20(26)24-18-9-5-15(6-10-18)21(2,3)4/h5-12,14H,13H2,1-4H3,(H,23,25)(H,24,26)/t14-/m1/s1. The SMILES string of the molecule is C[C@@H](SCC(=O)Nc1ccc(F)cc1)C(=O)Nc1ccc(C(C)(C)C)cc1.